The lowest BCUT2D eigenvalue weighted by molar-refractivity contribution is -0.354. The molecule has 0 bridgehead atoms. The van der Waals surface area contributed by atoms with Crippen LogP contribution in [-0.2, 0) is 27.3 Å². The Balaban J connectivity index is 0.00000625. The SMILES string of the molecule is CCc1c(O)c(=O)ccn1CCCCCCOC(=O)CCC(=O)C[NH3+].[Cl-]. The summed E-state index contributed by atoms with van der Waals surface area (Å²) in [6.45, 7) is 3.23. The molecule has 0 amide bonds. The van der Waals surface area contributed by atoms with Gasteiger partial charge in [0.15, 0.2) is 11.5 Å². The molecule has 0 radical (unpaired) electrons. The number of aryl methyl sites for hydroxylation is 1. The summed E-state index contributed by atoms with van der Waals surface area (Å²) in [5.41, 5.74) is 3.80. The van der Waals surface area contributed by atoms with Crippen LogP contribution in [-0.4, -0.2) is 34.6 Å². The number of carbonyl (C=O) groups excluding carboxylic acids is 2. The normalized spacial score (nSPS) is 10.2. The summed E-state index contributed by atoms with van der Waals surface area (Å²) in [5.74, 6) is -0.524. The highest BCUT2D eigenvalue weighted by atomic mass is 35.5. The Bertz CT molecular complexity index is 630. The number of nitrogens with zero attached hydrogens (tertiary/aromatic N) is 1. The molecule has 26 heavy (non-hydrogen) atoms. The van der Waals surface area contributed by atoms with Crippen LogP contribution in [0, 0.1) is 0 Å². The zero-order chi connectivity index (χ0) is 18.7. The van der Waals surface area contributed by atoms with Gasteiger partial charge in [0.2, 0.25) is 5.43 Å². The maximum absolute atomic E-state index is 11.4. The summed E-state index contributed by atoms with van der Waals surface area (Å²) in [6, 6.07) is 1.38. The van der Waals surface area contributed by atoms with E-state index < -0.39 is 0 Å². The van der Waals surface area contributed by atoms with Crippen molar-refractivity contribution in [2.45, 2.75) is 58.4 Å². The second kappa shape index (κ2) is 13.4. The first-order valence-electron chi connectivity index (χ1n) is 8.87. The Morgan fingerprint density at radius 1 is 1.19 bits per heavy atom. The van der Waals surface area contributed by atoms with Crippen molar-refractivity contribution in [1.82, 2.24) is 4.57 Å². The fraction of sp³-hybridized carbons (Fsp3) is 0.611. The molecular formula is C18H29ClN2O5. The van der Waals surface area contributed by atoms with Crippen LogP contribution in [0.1, 0.15) is 51.1 Å². The monoisotopic (exact) mass is 388 g/mol. The minimum Gasteiger partial charge on any atom is -1.00 e. The van der Waals surface area contributed by atoms with Crippen LogP contribution in [0.15, 0.2) is 17.1 Å². The number of unbranched alkanes of at least 4 members (excludes halogenated alkanes) is 3. The number of aromatic hydroxyl groups is 1. The van der Waals surface area contributed by atoms with E-state index in [0.29, 0.717) is 18.7 Å². The lowest BCUT2D eigenvalue weighted by Gasteiger charge is -2.13. The van der Waals surface area contributed by atoms with Crippen LogP contribution in [0.2, 0.25) is 0 Å². The fourth-order valence-electron chi connectivity index (χ4n) is 2.55. The Labute approximate surface area is 159 Å². The van der Waals surface area contributed by atoms with Crippen LogP contribution in [0.25, 0.3) is 0 Å². The number of rotatable bonds is 12. The van der Waals surface area contributed by atoms with Gasteiger partial charge in [0.25, 0.3) is 0 Å². The molecule has 0 unspecified atom stereocenters. The molecule has 0 aliphatic carbocycles. The number of ether oxygens (including phenoxy) is 1. The number of hydrogen-bond acceptors (Lipinski definition) is 5. The van der Waals surface area contributed by atoms with E-state index in [0.717, 1.165) is 32.2 Å². The molecule has 1 rings (SSSR count). The maximum Gasteiger partial charge on any atom is 0.306 e. The van der Waals surface area contributed by atoms with Crippen LogP contribution in [0.3, 0.4) is 0 Å². The van der Waals surface area contributed by atoms with E-state index in [4.69, 9.17) is 4.74 Å². The molecule has 0 saturated heterocycles. The smallest absolute Gasteiger partial charge is 0.306 e. The molecule has 0 saturated carbocycles. The second-order valence-corrected chi connectivity index (χ2v) is 5.95. The fourth-order valence-corrected chi connectivity index (χ4v) is 2.55. The Hall–Kier alpha value is -1.86. The van der Waals surface area contributed by atoms with Crippen LogP contribution in [0.5, 0.6) is 5.75 Å². The molecule has 0 fully saturated rings. The number of halogens is 1. The molecule has 0 spiro atoms. The number of esters is 1. The minimum absolute atomic E-state index is 0. The third kappa shape index (κ3) is 8.49. The second-order valence-electron chi connectivity index (χ2n) is 5.95. The van der Waals surface area contributed by atoms with E-state index >= 15 is 0 Å². The molecule has 0 aliphatic heterocycles. The van der Waals surface area contributed by atoms with Crippen LogP contribution >= 0.6 is 0 Å². The third-order valence-corrected chi connectivity index (χ3v) is 4.04. The molecule has 0 aliphatic rings. The van der Waals surface area contributed by atoms with Gasteiger partial charge in [0.05, 0.1) is 18.7 Å². The molecule has 7 nitrogen and oxygen atoms in total. The lowest BCUT2D eigenvalue weighted by atomic mass is 10.2. The molecule has 0 aromatic carbocycles. The van der Waals surface area contributed by atoms with Crippen molar-refractivity contribution in [3.05, 3.63) is 28.2 Å². The predicted molar refractivity (Wildman–Crippen MR) is 93.2 cm³/mol. The van der Waals surface area contributed by atoms with E-state index in [9.17, 15) is 19.5 Å². The molecule has 148 valence electrons. The van der Waals surface area contributed by atoms with E-state index in [-0.39, 0.29) is 54.7 Å². The molecule has 1 aromatic heterocycles. The van der Waals surface area contributed by atoms with Crippen molar-refractivity contribution in [3.8, 4) is 5.75 Å². The summed E-state index contributed by atoms with van der Waals surface area (Å²) in [7, 11) is 0. The minimum atomic E-state index is -0.341. The number of aromatic nitrogens is 1. The van der Waals surface area contributed by atoms with Gasteiger partial charge in [-0.3, -0.25) is 14.4 Å². The largest absolute Gasteiger partial charge is 1.00 e. The lowest BCUT2D eigenvalue weighted by Crippen LogP contribution is -3.00. The molecule has 8 heteroatoms. The first-order valence-corrected chi connectivity index (χ1v) is 8.87. The maximum atomic E-state index is 11.4. The van der Waals surface area contributed by atoms with Gasteiger partial charge in [0.1, 0.15) is 6.54 Å². The number of Topliss-reactive ketones (excluding diaryl/α,β-unsaturated/α-hetero) is 1. The molecule has 4 N–H and O–H groups in total. The number of ketones is 1. The van der Waals surface area contributed by atoms with Gasteiger partial charge in [-0.25, -0.2) is 0 Å². The Morgan fingerprint density at radius 2 is 1.88 bits per heavy atom. The van der Waals surface area contributed by atoms with E-state index in [2.05, 4.69) is 5.73 Å². The van der Waals surface area contributed by atoms with Crippen LogP contribution in [0.4, 0.5) is 0 Å². The van der Waals surface area contributed by atoms with E-state index in [1.807, 2.05) is 11.5 Å². The van der Waals surface area contributed by atoms with Crippen molar-refractivity contribution >= 4 is 11.8 Å². The standard InChI is InChI=1S/C18H28N2O5.ClH/c1-2-15-18(24)16(22)9-11-20(15)10-5-3-4-6-12-25-17(23)8-7-14(21)13-19;/h9,11,24H,2-8,10,12-13,19H2,1H3;1H. The Morgan fingerprint density at radius 3 is 2.54 bits per heavy atom. The van der Waals surface area contributed by atoms with E-state index in [1.54, 1.807) is 6.20 Å². The van der Waals surface area contributed by atoms with Gasteiger partial charge in [-0.2, -0.15) is 0 Å². The third-order valence-electron chi connectivity index (χ3n) is 4.04. The average Bonchev–Trinajstić information content (AvgIpc) is 2.61. The van der Waals surface area contributed by atoms with E-state index in [1.165, 1.54) is 6.07 Å². The summed E-state index contributed by atoms with van der Waals surface area (Å²) < 4.78 is 7.00. The van der Waals surface area contributed by atoms with Gasteiger partial charge in [-0.15, -0.1) is 0 Å². The first kappa shape index (κ1) is 24.1. The highest BCUT2D eigenvalue weighted by Gasteiger charge is 2.08. The van der Waals surface area contributed by atoms with Gasteiger partial charge >= 0.3 is 5.97 Å². The van der Waals surface area contributed by atoms with Crippen molar-refractivity contribution in [1.29, 1.82) is 0 Å². The first-order chi connectivity index (χ1) is 12.0. The summed E-state index contributed by atoms with van der Waals surface area (Å²) in [4.78, 5) is 33.9. The summed E-state index contributed by atoms with van der Waals surface area (Å²) >= 11 is 0. The quantitative estimate of drug-likeness (QED) is 0.312. The van der Waals surface area contributed by atoms with Crippen LogP contribution < -0.4 is 23.6 Å². The molecule has 1 aromatic rings. The van der Waals surface area contributed by atoms with Gasteiger partial charge in [-0.05, 0) is 25.7 Å². The summed E-state index contributed by atoms with van der Waals surface area (Å²) in [5, 5.41) is 9.79. The average molecular weight is 389 g/mol. The van der Waals surface area contributed by atoms with Crippen molar-refractivity contribution in [2.75, 3.05) is 13.2 Å². The van der Waals surface area contributed by atoms with Crippen molar-refractivity contribution in [3.63, 3.8) is 0 Å². The zero-order valence-electron chi connectivity index (χ0n) is 15.3. The number of hydrogen-bond donors (Lipinski definition) is 2. The predicted octanol–water partition coefficient (Wildman–Crippen LogP) is -2.18. The number of carbonyl (C=O) groups is 2. The number of pyridine rings is 1. The molecule has 0 atom stereocenters. The Kier molecular flexibility index (Phi) is 12.4. The van der Waals surface area contributed by atoms with Gasteiger partial charge < -0.3 is 32.6 Å². The summed E-state index contributed by atoms with van der Waals surface area (Å²) in [6.07, 6.45) is 6.25. The number of quaternary nitrogens is 1. The highest BCUT2D eigenvalue weighted by Crippen LogP contribution is 2.13. The van der Waals surface area contributed by atoms with Crippen molar-refractivity contribution in [2.24, 2.45) is 0 Å². The highest BCUT2D eigenvalue weighted by molar-refractivity contribution is 5.83. The molecule has 1 heterocycles. The van der Waals surface area contributed by atoms with Gasteiger partial charge in [0, 0.05) is 25.2 Å². The topological polar surface area (TPSA) is 113 Å². The van der Waals surface area contributed by atoms with Crippen molar-refractivity contribution < 1.29 is 37.6 Å². The zero-order valence-corrected chi connectivity index (χ0v) is 16.1. The van der Waals surface area contributed by atoms with Gasteiger partial charge in [-0.1, -0.05) is 13.3 Å². The molecular weight excluding hydrogens is 360 g/mol.